The Bertz CT molecular complexity index is 348. The SMILES string of the molecule is CC(C)(C)[B]c1ccc(F)c(B(O)O)c1. The van der Waals surface area contributed by atoms with E-state index in [1.165, 1.54) is 12.1 Å². The molecule has 0 unspecified atom stereocenters. The number of benzene rings is 1. The van der Waals surface area contributed by atoms with E-state index >= 15 is 0 Å². The lowest BCUT2D eigenvalue weighted by molar-refractivity contribution is 0.423. The molecule has 79 valence electrons. The first-order valence-electron chi connectivity index (χ1n) is 4.81. The van der Waals surface area contributed by atoms with E-state index in [0.717, 1.165) is 5.46 Å². The molecule has 0 bridgehead atoms. The van der Waals surface area contributed by atoms with E-state index in [0.29, 0.717) is 0 Å². The van der Waals surface area contributed by atoms with E-state index in [9.17, 15) is 4.39 Å². The van der Waals surface area contributed by atoms with Gasteiger partial charge in [0.1, 0.15) is 5.82 Å². The standard InChI is InChI=1S/C10H14B2FO2/c1-10(2,3)11-7-4-5-9(13)8(6-7)12(14)15/h4-6,14-15H,1-3H3. The van der Waals surface area contributed by atoms with Gasteiger partial charge in [-0.3, -0.25) is 0 Å². The monoisotopic (exact) mass is 207 g/mol. The highest BCUT2D eigenvalue weighted by Crippen LogP contribution is 2.19. The van der Waals surface area contributed by atoms with Crippen LogP contribution < -0.4 is 10.9 Å². The zero-order chi connectivity index (χ0) is 11.6. The maximum Gasteiger partial charge on any atom is 0.491 e. The summed E-state index contributed by atoms with van der Waals surface area (Å²) in [4.78, 5) is 0. The Morgan fingerprint density at radius 2 is 1.87 bits per heavy atom. The fourth-order valence-corrected chi connectivity index (χ4v) is 1.35. The first-order chi connectivity index (χ1) is 6.79. The van der Waals surface area contributed by atoms with Crippen molar-refractivity contribution in [2.75, 3.05) is 0 Å². The smallest absolute Gasteiger partial charge is 0.423 e. The van der Waals surface area contributed by atoms with Gasteiger partial charge in [0, 0.05) is 5.46 Å². The lowest BCUT2D eigenvalue weighted by Crippen LogP contribution is -2.37. The van der Waals surface area contributed by atoms with Gasteiger partial charge in [-0.25, -0.2) is 4.39 Å². The average Bonchev–Trinajstić information content (AvgIpc) is 2.05. The third-order valence-corrected chi connectivity index (χ3v) is 1.90. The summed E-state index contributed by atoms with van der Waals surface area (Å²) in [7, 11) is 0.177. The van der Waals surface area contributed by atoms with Gasteiger partial charge in [0.25, 0.3) is 0 Å². The first kappa shape index (κ1) is 12.3. The Labute approximate surface area is 90.5 Å². The van der Waals surface area contributed by atoms with E-state index in [-0.39, 0.29) is 10.8 Å². The van der Waals surface area contributed by atoms with Gasteiger partial charge < -0.3 is 10.0 Å². The molecule has 0 saturated carbocycles. The maximum absolute atomic E-state index is 13.1. The Morgan fingerprint density at radius 1 is 1.27 bits per heavy atom. The van der Waals surface area contributed by atoms with Crippen molar-refractivity contribution in [3.8, 4) is 0 Å². The molecule has 0 heterocycles. The predicted octanol–water partition coefficient (Wildman–Crippen LogP) is 0.0534. The van der Waals surface area contributed by atoms with Gasteiger partial charge >= 0.3 is 7.12 Å². The Hall–Kier alpha value is -0.800. The van der Waals surface area contributed by atoms with Gasteiger partial charge in [-0.15, -0.1) is 0 Å². The zero-order valence-corrected chi connectivity index (χ0v) is 9.16. The van der Waals surface area contributed by atoms with Crippen LogP contribution in [0.4, 0.5) is 4.39 Å². The molecule has 0 amide bonds. The molecule has 1 rings (SSSR count). The van der Waals surface area contributed by atoms with Crippen molar-refractivity contribution in [2.24, 2.45) is 0 Å². The maximum atomic E-state index is 13.1. The molecule has 0 atom stereocenters. The lowest BCUT2D eigenvalue weighted by atomic mass is 9.51. The van der Waals surface area contributed by atoms with Crippen molar-refractivity contribution in [3.05, 3.63) is 24.0 Å². The summed E-state index contributed by atoms with van der Waals surface area (Å²) < 4.78 is 13.1. The van der Waals surface area contributed by atoms with Crippen LogP contribution in [0.2, 0.25) is 5.31 Å². The van der Waals surface area contributed by atoms with Gasteiger partial charge in [0.2, 0.25) is 0 Å². The van der Waals surface area contributed by atoms with Crippen LogP contribution in [0.5, 0.6) is 0 Å². The van der Waals surface area contributed by atoms with Crippen LogP contribution in [0.15, 0.2) is 18.2 Å². The summed E-state index contributed by atoms with van der Waals surface area (Å²) >= 11 is 0. The lowest BCUT2D eigenvalue weighted by Gasteiger charge is -2.17. The first-order valence-corrected chi connectivity index (χ1v) is 4.81. The van der Waals surface area contributed by atoms with Crippen molar-refractivity contribution in [3.63, 3.8) is 0 Å². The highest BCUT2D eigenvalue weighted by Gasteiger charge is 2.19. The normalized spacial score (nSPS) is 11.3. The topological polar surface area (TPSA) is 40.5 Å². The molecule has 0 aliphatic carbocycles. The molecule has 0 spiro atoms. The van der Waals surface area contributed by atoms with E-state index in [1.54, 1.807) is 6.07 Å². The minimum absolute atomic E-state index is 0.0322. The second-order valence-corrected chi connectivity index (χ2v) is 4.66. The zero-order valence-electron chi connectivity index (χ0n) is 9.16. The van der Waals surface area contributed by atoms with Crippen LogP contribution in [0, 0.1) is 5.82 Å². The van der Waals surface area contributed by atoms with Crippen LogP contribution in [0.3, 0.4) is 0 Å². The molecule has 15 heavy (non-hydrogen) atoms. The van der Waals surface area contributed by atoms with Crippen LogP contribution in [-0.2, 0) is 0 Å². The summed E-state index contributed by atoms with van der Waals surface area (Å²) in [6.45, 7) is 6.06. The van der Waals surface area contributed by atoms with Gasteiger partial charge in [-0.2, -0.15) is 0 Å². The summed E-state index contributed by atoms with van der Waals surface area (Å²) in [6, 6.07) is 4.31. The van der Waals surface area contributed by atoms with Crippen molar-refractivity contribution >= 4 is 25.3 Å². The Morgan fingerprint density at radius 3 is 2.33 bits per heavy atom. The second-order valence-electron chi connectivity index (χ2n) is 4.66. The van der Waals surface area contributed by atoms with Crippen molar-refractivity contribution in [2.45, 2.75) is 26.1 Å². The summed E-state index contributed by atoms with van der Waals surface area (Å²) in [5, 5.41) is 17.8. The largest absolute Gasteiger partial charge is 0.491 e. The van der Waals surface area contributed by atoms with E-state index < -0.39 is 12.9 Å². The molecule has 0 saturated heterocycles. The van der Waals surface area contributed by atoms with Crippen LogP contribution in [0.25, 0.3) is 0 Å². The van der Waals surface area contributed by atoms with Crippen LogP contribution >= 0.6 is 0 Å². The van der Waals surface area contributed by atoms with Crippen molar-refractivity contribution in [1.29, 1.82) is 0 Å². The summed E-state index contributed by atoms with van der Waals surface area (Å²) in [5.74, 6) is -0.601. The molecule has 0 fully saturated rings. The minimum atomic E-state index is -1.77. The molecule has 0 aliphatic heterocycles. The molecular formula is C10H14B2FO2. The fraction of sp³-hybridized carbons (Fsp3) is 0.400. The third kappa shape index (κ3) is 3.68. The fourth-order valence-electron chi connectivity index (χ4n) is 1.35. The van der Waals surface area contributed by atoms with Crippen LogP contribution in [0.1, 0.15) is 20.8 Å². The highest BCUT2D eigenvalue weighted by atomic mass is 19.1. The molecule has 0 aliphatic rings. The predicted molar refractivity (Wildman–Crippen MR) is 61.3 cm³/mol. The molecule has 1 aromatic rings. The molecule has 0 aromatic heterocycles. The number of halogens is 1. The van der Waals surface area contributed by atoms with Crippen LogP contribution in [-0.4, -0.2) is 24.4 Å². The Kier molecular flexibility index (Phi) is 3.58. The van der Waals surface area contributed by atoms with E-state index in [4.69, 9.17) is 10.0 Å². The average molecular weight is 207 g/mol. The molecule has 1 radical (unpaired) electrons. The quantitative estimate of drug-likeness (QED) is 0.672. The van der Waals surface area contributed by atoms with E-state index in [2.05, 4.69) is 0 Å². The number of hydrogen-bond donors (Lipinski definition) is 2. The van der Waals surface area contributed by atoms with Gasteiger partial charge in [-0.05, 0) is 6.07 Å². The van der Waals surface area contributed by atoms with Crippen molar-refractivity contribution in [1.82, 2.24) is 0 Å². The van der Waals surface area contributed by atoms with Gasteiger partial charge in [0.15, 0.2) is 7.28 Å². The second kappa shape index (κ2) is 4.37. The van der Waals surface area contributed by atoms with Gasteiger partial charge in [0.05, 0.1) is 0 Å². The van der Waals surface area contributed by atoms with Crippen molar-refractivity contribution < 1.29 is 14.4 Å². The number of rotatable bonds is 2. The van der Waals surface area contributed by atoms with E-state index in [1.807, 2.05) is 28.1 Å². The molecular weight excluding hydrogens is 193 g/mol. The van der Waals surface area contributed by atoms with Gasteiger partial charge in [-0.1, -0.05) is 43.7 Å². The summed E-state index contributed by atoms with van der Waals surface area (Å²) in [6.07, 6.45) is 0. The molecule has 5 heteroatoms. The highest BCUT2D eigenvalue weighted by molar-refractivity contribution is 6.61. The summed E-state index contributed by atoms with van der Waals surface area (Å²) in [5.41, 5.74) is 0.694. The molecule has 1 aromatic carbocycles. The molecule has 2 nitrogen and oxygen atoms in total. The minimum Gasteiger partial charge on any atom is -0.423 e. The molecule has 2 N–H and O–H groups in total. The Balaban J connectivity index is 2.98. The third-order valence-electron chi connectivity index (χ3n) is 1.90. The number of hydrogen-bond acceptors (Lipinski definition) is 2.